The van der Waals surface area contributed by atoms with E-state index in [9.17, 15) is 29.7 Å². The fourth-order valence-corrected chi connectivity index (χ4v) is 1.10. The fraction of sp³-hybridized carbons (Fsp3) is 0.667. The third kappa shape index (κ3) is 2.75. The minimum absolute atomic E-state index is 0.791. The van der Waals surface area contributed by atoms with Gasteiger partial charge in [-0.05, 0) is 0 Å². The molecule has 1 atom stereocenters. The molecule has 0 saturated carbocycles. The van der Waals surface area contributed by atoms with Gasteiger partial charge in [-0.2, -0.15) is 0 Å². The number of carbonyl (C=O) groups is 3. The van der Waals surface area contributed by atoms with E-state index in [0.29, 0.717) is 0 Å². The molecule has 104 valence electrons. The summed E-state index contributed by atoms with van der Waals surface area (Å²) in [6.07, 6.45) is -1.21. The molecule has 0 saturated heterocycles. The lowest BCUT2D eigenvalue weighted by atomic mass is 9.89. The normalized spacial score (nSPS) is 14.3. The van der Waals surface area contributed by atoms with Gasteiger partial charge in [-0.1, -0.05) is 0 Å². The van der Waals surface area contributed by atoms with E-state index in [1.165, 1.54) is 0 Å². The summed E-state index contributed by atoms with van der Waals surface area (Å²) < 4.78 is 12.3. The Hall–Kier alpha value is -1.71. The zero-order valence-electron chi connectivity index (χ0n) is 10.00. The maximum Gasteiger partial charge on any atom is 0.370 e. The van der Waals surface area contributed by atoms with E-state index in [4.69, 9.17) is 0 Å². The molecule has 0 aromatic heterocycles. The second-order valence-electron chi connectivity index (χ2n) is 3.27. The van der Waals surface area contributed by atoms with Gasteiger partial charge in [0.2, 0.25) is 5.60 Å². The van der Waals surface area contributed by atoms with E-state index >= 15 is 0 Å². The van der Waals surface area contributed by atoms with Gasteiger partial charge >= 0.3 is 23.7 Å². The van der Waals surface area contributed by atoms with Crippen LogP contribution in [0.1, 0.15) is 6.42 Å². The van der Waals surface area contributed by atoms with Crippen molar-refractivity contribution in [1.82, 2.24) is 0 Å². The third-order valence-electron chi connectivity index (χ3n) is 2.20. The third-order valence-corrected chi connectivity index (χ3v) is 2.20. The molecule has 0 bridgehead atoms. The van der Waals surface area contributed by atoms with Crippen LogP contribution in [0.15, 0.2) is 0 Å². The van der Waals surface area contributed by atoms with E-state index in [1.54, 1.807) is 0 Å². The molecule has 9 nitrogen and oxygen atoms in total. The fourth-order valence-electron chi connectivity index (χ4n) is 1.10. The molecular formula is C9H14O9. The first-order valence-electron chi connectivity index (χ1n) is 4.58. The average molecular weight is 266 g/mol. The van der Waals surface area contributed by atoms with Crippen LogP contribution >= 0.6 is 0 Å². The molecule has 18 heavy (non-hydrogen) atoms. The van der Waals surface area contributed by atoms with E-state index in [1.807, 2.05) is 0 Å². The van der Waals surface area contributed by atoms with Crippen molar-refractivity contribution in [2.75, 3.05) is 21.3 Å². The summed E-state index contributed by atoms with van der Waals surface area (Å²) in [6, 6.07) is 0. The molecule has 0 aliphatic rings. The summed E-state index contributed by atoms with van der Waals surface area (Å²) in [4.78, 5) is 33.5. The predicted octanol–water partition coefficient (Wildman–Crippen LogP) is -2.69. The Morgan fingerprint density at radius 3 is 1.67 bits per heavy atom. The SMILES string of the molecule is COC(=O)CC(O)(C(=O)OC)C(O)(O)C(=O)OC. The van der Waals surface area contributed by atoms with Crippen LogP contribution in [0.3, 0.4) is 0 Å². The van der Waals surface area contributed by atoms with Crippen molar-refractivity contribution >= 4 is 17.9 Å². The highest BCUT2D eigenvalue weighted by atomic mass is 16.6. The highest BCUT2D eigenvalue weighted by Crippen LogP contribution is 2.27. The number of methoxy groups -OCH3 is 3. The van der Waals surface area contributed by atoms with Gasteiger partial charge in [-0.3, -0.25) is 4.79 Å². The van der Waals surface area contributed by atoms with Gasteiger partial charge in [0.25, 0.3) is 0 Å². The van der Waals surface area contributed by atoms with Gasteiger partial charge in [0.15, 0.2) is 0 Å². The molecular weight excluding hydrogens is 252 g/mol. The van der Waals surface area contributed by atoms with Gasteiger partial charge < -0.3 is 29.5 Å². The molecule has 0 heterocycles. The molecule has 0 radical (unpaired) electrons. The molecule has 0 aliphatic carbocycles. The minimum atomic E-state index is -3.66. The van der Waals surface area contributed by atoms with Gasteiger partial charge in [-0.15, -0.1) is 0 Å². The molecule has 3 N–H and O–H groups in total. The van der Waals surface area contributed by atoms with E-state index < -0.39 is 35.7 Å². The largest absolute Gasteiger partial charge is 0.469 e. The van der Waals surface area contributed by atoms with Gasteiger partial charge in [-0.25, -0.2) is 9.59 Å². The summed E-state index contributed by atoms with van der Waals surface area (Å²) in [5.41, 5.74) is -3.25. The molecule has 1 unspecified atom stereocenters. The van der Waals surface area contributed by atoms with Crippen molar-refractivity contribution in [3.8, 4) is 0 Å². The first-order chi connectivity index (χ1) is 8.17. The van der Waals surface area contributed by atoms with Crippen LogP contribution in [0.4, 0.5) is 0 Å². The van der Waals surface area contributed by atoms with Gasteiger partial charge in [0, 0.05) is 0 Å². The number of carbonyl (C=O) groups excluding carboxylic acids is 3. The number of ether oxygens (including phenoxy) is 3. The van der Waals surface area contributed by atoms with Crippen molar-refractivity contribution in [2.45, 2.75) is 17.8 Å². The second kappa shape index (κ2) is 5.76. The Balaban J connectivity index is 5.53. The Bertz CT molecular complexity index is 348. The van der Waals surface area contributed by atoms with Crippen LogP contribution in [0.25, 0.3) is 0 Å². The Kier molecular flexibility index (Phi) is 5.21. The maximum atomic E-state index is 11.3. The van der Waals surface area contributed by atoms with Crippen LogP contribution in [0.5, 0.6) is 0 Å². The van der Waals surface area contributed by atoms with Crippen LogP contribution in [-0.4, -0.2) is 65.9 Å². The summed E-state index contributed by atoms with van der Waals surface area (Å²) in [5, 5.41) is 28.8. The van der Waals surface area contributed by atoms with E-state index in [-0.39, 0.29) is 0 Å². The molecule has 0 aromatic carbocycles. The lowest BCUT2D eigenvalue weighted by Gasteiger charge is -2.33. The lowest BCUT2D eigenvalue weighted by molar-refractivity contribution is -0.274. The number of esters is 3. The molecule has 0 spiro atoms. The van der Waals surface area contributed by atoms with Gasteiger partial charge in [0.05, 0.1) is 27.8 Å². The first-order valence-corrected chi connectivity index (χ1v) is 4.58. The summed E-state index contributed by atoms with van der Waals surface area (Å²) in [5.74, 6) is -8.18. The van der Waals surface area contributed by atoms with Crippen molar-refractivity contribution in [1.29, 1.82) is 0 Å². The quantitative estimate of drug-likeness (QED) is 0.275. The minimum Gasteiger partial charge on any atom is -0.469 e. The smallest absolute Gasteiger partial charge is 0.370 e. The first kappa shape index (κ1) is 16.3. The average Bonchev–Trinajstić information content (AvgIpc) is 2.35. The highest BCUT2D eigenvalue weighted by molar-refractivity contribution is 5.94. The summed E-state index contributed by atoms with van der Waals surface area (Å²) >= 11 is 0. The van der Waals surface area contributed by atoms with Gasteiger partial charge in [0.1, 0.15) is 0 Å². The van der Waals surface area contributed by atoms with Crippen molar-refractivity contribution < 1.29 is 43.9 Å². The zero-order chi connectivity index (χ0) is 14.6. The second-order valence-corrected chi connectivity index (χ2v) is 3.27. The Labute approximate surface area is 102 Å². The van der Waals surface area contributed by atoms with Crippen LogP contribution < -0.4 is 0 Å². The monoisotopic (exact) mass is 266 g/mol. The zero-order valence-corrected chi connectivity index (χ0v) is 10.00. The van der Waals surface area contributed by atoms with Crippen molar-refractivity contribution in [2.24, 2.45) is 0 Å². The number of aliphatic hydroxyl groups is 3. The maximum absolute atomic E-state index is 11.3. The molecule has 0 fully saturated rings. The highest BCUT2D eigenvalue weighted by Gasteiger charge is 2.62. The molecule has 0 amide bonds. The Morgan fingerprint density at radius 1 is 0.889 bits per heavy atom. The van der Waals surface area contributed by atoms with Crippen LogP contribution in [-0.2, 0) is 28.6 Å². The van der Waals surface area contributed by atoms with Crippen molar-refractivity contribution in [3.05, 3.63) is 0 Å². The molecule has 0 aliphatic heterocycles. The lowest BCUT2D eigenvalue weighted by Crippen LogP contribution is -2.65. The van der Waals surface area contributed by atoms with Crippen LogP contribution in [0.2, 0.25) is 0 Å². The summed E-state index contributed by atoms with van der Waals surface area (Å²) in [6.45, 7) is 0. The molecule has 0 aromatic rings. The van der Waals surface area contributed by atoms with Crippen LogP contribution in [0, 0.1) is 0 Å². The number of rotatable bonds is 5. The Morgan fingerprint density at radius 2 is 1.33 bits per heavy atom. The van der Waals surface area contributed by atoms with E-state index in [2.05, 4.69) is 14.2 Å². The molecule has 9 heteroatoms. The topological polar surface area (TPSA) is 140 Å². The predicted molar refractivity (Wildman–Crippen MR) is 52.8 cm³/mol. The standard InChI is InChI=1S/C9H14O9/c1-16-5(10)4-8(13,6(11)17-2)9(14,15)7(12)18-3/h13-15H,4H2,1-3H3. The number of hydrogen-bond acceptors (Lipinski definition) is 9. The molecule has 0 rings (SSSR count). The van der Waals surface area contributed by atoms with E-state index in [0.717, 1.165) is 21.3 Å². The number of hydrogen-bond donors (Lipinski definition) is 3. The summed E-state index contributed by atoms with van der Waals surface area (Å²) in [7, 11) is 2.55. The van der Waals surface area contributed by atoms with Crippen molar-refractivity contribution in [3.63, 3.8) is 0 Å².